The molecule has 0 atom stereocenters. The van der Waals surface area contributed by atoms with E-state index in [4.69, 9.17) is 10.2 Å². The second-order valence-corrected chi connectivity index (χ2v) is 5.39. The number of aromatic carboxylic acids is 2. The van der Waals surface area contributed by atoms with Gasteiger partial charge in [0.2, 0.25) is 0 Å². The zero-order valence-electron chi connectivity index (χ0n) is 9.17. The summed E-state index contributed by atoms with van der Waals surface area (Å²) >= 11 is 6.55. The molecule has 2 aromatic rings. The van der Waals surface area contributed by atoms with Gasteiger partial charge in [-0.25, -0.2) is 14.3 Å². The number of halogens is 2. The van der Waals surface area contributed by atoms with Crippen molar-refractivity contribution in [3.8, 4) is 5.69 Å². The Morgan fingerprint density at radius 2 is 1.63 bits per heavy atom. The van der Waals surface area contributed by atoms with Gasteiger partial charge in [0, 0.05) is 8.95 Å². The first-order valence-electron chi connectivity index (χ1n) is 4.91. The van der Waals surface area contributed by atoms with Gasteiger partial charge in [0.15, 0.2) is 5.69 Å². The van der Waals surface area contributed by atoms with Crippen molar-refractivity contribution in [2.75, 3.05) is 0 Å². The molecule has 0 saturated heterocycles. The summed E-state index contributed by atoms with van der Waals surface area (Å²) < 4.78 is 2.49. The molecule has 0 unspecified atom stereocenters. The highest BCUT2D eigenvalue weighted by atomic mass is 79.9. The number of hydrogen-bond donors (Lipinski definition) is 2. The Labute approximate surface area is 123 Å². The molecule has 0 saturated carbocycles. The maximum Gasteiger partial charge on any atom is 0.355 e. The summed E-state index contributed by atoms with van der Waals surface area (Å²) in [7, 11) is 0. The van der Waals surface area contributed by atoms with Crippen LogP contribution in [0.5, 0.6) is 0 Å². The minimum atomic E-state index is -1.36. The maximum atomic E-state index is 11.2. The third kappa shape index (κ3) is 2.69. The zero-order chi connectivity index (χ0) is 14.2. The van der Waals surface area contributed by atoms with E-state index in [1.165, 1.54) is 0 Å². The number of rotatable bonds is 3. The van der Waals surface area contributed by atoms with Crippen LogP contribution in [0.2, 0.25) is 0 Å². The normalized spacial score (nSPS) is 10.4. The second-order valence-electron chi connectivity index (χ2n) is 3.56. The van der Waals surface area contributed by atoms with E-state index >= 15 is 0 Å². The molecule has 0 radical (unpaired) electrons. The van der Waals surface area contributed by atoms with Crippen LogP contribution in [0.4, 0.5) is 0 Å². The van der Waals surface area contributed by atoms with Crippen molar-refractivity contribution in [2.24, 2.45) is 0 Å². The minimum absolute atomic E-state index is 0.358. The number of nitrogens with zero attached hydrogens (tertiary/aromatic N) is 2. The molecule has 1 aromatic heterocycles. The Kier molecular flexibility index (Phi) is 3.72. The van der Waals surface area contributed by atoms with Gasteiger partial charge in [0.25, 0.3) is 0 Å². The van der Waals surface area contributed by atoms with Crippen molar-refractivity contribution in [3.63, 3.8) is 0 Å². The van der Waals surface area contributed by atoms with Crippen molar-refractivity contribution < 1.29 is 19.8 Å². The molecule has 0 fully saturated rings. The van der Waals surface area contributed by atoms with Gasteiger partial charge in [0.05, 0.1) is 11.9 Å². The third-order valence-corrected chi connectivity index (χ3v) is 3.21. The topological polar surface area (TPSA) is 92.4 Å². The van der Waals surface area contributed by atoms with Gasteiger partial charge < -0.3 is 10.2 Å². The van der Waals surface area contributed by atoms with Gasteiger partial charge in [-0.3, -0.25) is 0 Å². The van der Waals surface area contributed by atoms with Crippen LogP contribution in [0.3, 0.4) is 0 Å². The summed E-state index contributed by atoms with van der Waals surface area (Å²) in [6.07, 6.45) is 1.01. The Hall–Kier alpha value is -1.67. The lowest BCUT2D eigenvalue weighted by molar-refractivity contribution is 0.0646. The fourth-order valence-corrected chi connectivity index (χ4v) is 2.84. The van der Waals surface area contributed by atoms with Gasteiger partial charge in [-0.2, -0.15) is 5.10 Å². The molecule has 2 N–H and O–H groups in total. The average molecular weight is 390 g/mol. The van der Waals surface area contributed by atoms with E-state index in [2.05, 4.69) is 37.0 Å². The summed E-state index contributed by atoms with van der Waals surface area (Å²) in [4.78, 5) is 22.2. The molecule has 1 heterocycles. The van der Waals surface area contributed by atoms with Gasteiger partial charge >= 0.3 is 11.9 Å². The lowest BCUT2D eigenvalue weighted by Crippen LogP contribution is -2.12. The summed E-state index contributed by atoms with van der Waals surface area (Å²) in [5, 5.41) is 21.9. The van der Waals surface area contributed by atoms with Crippen molar-refractivity contribution in [2.45, 2.75) is 0 Å². The first-order chi connectivity index (χ1) is 8.90. The predicted octanol–water partition coefficient (Wildman–Crippen LogP) is 2.79. The fraction of sp³-hybridized carbons (Fsp3) is 0. The molecule has 0 aliphatic heterocycles. The van der Waals surface area contributed by atoms with E-state index in [9.17, 15) is 9.59 Å². The van der Waals surface area contributed by atoms with E-state index < -0.39 is 17.6 Å². The van der Waals surface area contributed by atoms with Gasteiger partial charge in [-0.1, -0.05) is 31.9 Å². The molecule has 0 aliphatic carbocycles. The predicted molar refractivity (Wildman–Crippen MR) is 72.9 cm³/mol. The van der Waals surface area contributed by atoms with Gasteiger partial charge in [-0.15, -0.1) is 0 Å². The van der Waals surface area contributed by atoms with E-state index in [0.717, 1.165) is 10.9 Å². The lowest BCUT2D eigenvalue weighted by Gasteiger charge is -2.06. The zero-order valence-corrected chi connectivity index (χ0v) is 12.3. The second kappa shape index (κ2) is 5.14. The van der Waals surface area contributed by atoms with Crippen LogP contribution < -0.4 is 0 Å². The Balaban J connectivity index is 2.69. The first kappa shape index (κ1) is 13.8. The number of carbonyl (C=O) groups is 2. The van der Waals surface area contributed by atoms with Crippen LogP contribution >= 0.6 is 31.9 Å². The summed E-state index contributed by atoms with van der Waals surface area (Å²) in [5.41, 5.74) is -0.313. The SMILES string of the molecule is O=C(O)c1cnn(-c2cc(Br)cc(Br)c2)c1C(=O)O. The van der Waals surface area contributed by atoms with Crippen LogP contribution in [0.15, 0.2) is 33.3 Å². The highest BCUT2D eigenvalue weighted by molar-refractivity contribution is 9.11. The maximum absolute atomic E-state index is 11.2. The number of carboxylic acid groups (broad SMARTS) is 2. The number of benzene rings is 1. The molecule has 1 aromatic carbocycles. The van der Waals surface area contributed by atoms with E-state index in [-0.39, 0.29) is 5.56 Å². The molecule has 98 valence electrons. The van der Waals surface area contributed by atoms with Crippen molar-refractivity contribution in [1.29, 1.82) is 0 Å². The summed E-state index contributed by atoms with van der Waals surface area (Å²) in [5.74, 6) is -2.69. The molecule has 2 rings (SSSR count). The lowest BCUT2D eigenvalue weighted by atomic mass is 10.2. The average Bonchev–Trinajstić information content (AvgIpc) is 2.71. The number of carboxylic acids is 2. The van der Waals surface area contributed by atoms with Gasteiger partial charge in [-0.05, 0) is 18.2 Å². The monoisotopic (exact) mass is 388 g/mol. The molecule has 0 bridgehead atoms. The highest BCUT2D eigenvalue weighted by Crippen LogP contribution is 2.24. The molecule has 8 heteroatoms. The fourth-order valence-electron chi connectivity index (χ4n) is 1.57. The van der Waals surface area contributed by atoms with Crippen LogP contribution in [-0.2, 0) is 0 Å². The van der Waals surface area contributed by atoms with Crippen LogP contribution in [-0.4, -0.2) is 31.9 Å². The van der Waals surface area contributed by atoms with Crippen LogP contribution in [0, 0.1) is 0 Å². The van der Waals surface area contributed by atoms with Crippen molar-refractivity contribution >= 4 is 43.8 Å². The summed E-state index contributed by atoms with van der Waals surface area (Å²) in [6, 6.07) is 5.04. The number of hydrogen-bond acceptors (Lipinski definition) is 3. The van der Waals surface area contributed by atoms with E-state index in [0.29, 0.717) is 14.6 Å². The summed E-state index contributed by atoms with van der Waals surface area (Å²) in [6.45, 7) is 0. The van der Waals surface area contributed by atoms with Crippen LogP contribution in [0.1, 0.15) is 20.8 Å². The Morgan fingerprint density at radius 1 is 1.05 bits per heavy atom. The minimum Gasteiger partial charge on any atom is -0.478 e. The quantitative estimate of drug-likeness (QED) is 0.841. The number of aromatic nitrogens is 2. The van der Waals surface area contributed by atoms with E-state index in [1.54, 1.807) is 18.2 Å². The molecular formula is C11H6Br2N2O4. The molecule has 0 aliphatic rings. The molecule has 19 heavy (non-hydrogen) atoms. The molecular weight excluding hydrogens is 384 g/mol. The standard InChI is InChI=1S/C11H6Br2N2O4/c12-5-1-6(13)3-7(2-5)15-9(11(18)19)8(4-14-15)10(16)17/h1-4H,(H,16,17)(H,18,19). The first-order valence-corrected chi connectivity index (χ1v) is 6.50. The van der Waals surface area contributed by atoms with E-state index in [1.807, 2.05) is 0 Å². The Bertz CT molecular complexity index is 661. The van der Waals surface area contributed by atoms with Crippen molar-refractivity contribution in [1.82, 2.24) is 9.78 Å². The Morgan fingerprint density at radius 3 is 2.11 bits per heavy atom. The van der Waals surface area contributed by atoms with Gasteiger partial charge in [0.1, 0.15) is 5.56 Å². The smallest absolute Gasteiger partial charge is 0.355 e. The molecule has 0 amide bonds. The van der Waals surface area contributed by atoms with Crippen LogP contribution in [0.25, 0.3) is 5.69 Å². The molecule has 0 spiro atoms. The third-order valence-electron chi connectivity index (χ3n) is 2.29. The largest absolute Gasteiger partial charge is 0.478 e. The highest BCUT2D eigenvalue weighted by Gasteiger charge is 2.23. The molecule has 6 nitrogen and oxygen atoms in total. The van der Waals surface area contributed by atoms with Crippen molar-refractivity contribution in [3.05, 3.63) is 44.6 Å².